The number of rotatable bonds is 5. The number of hydrogen-bond acceptors (Lipinski definition) is 4. The number of ether oxygens (including phenoxy) is 2. The van der Waals surface area contributed by atoms with Crippen LogP contribution < -0.4 is 0 Å². The van der Waals surface area contributed by atoms with Gasteiger partial charge in [-0.2, -0.15) is 0 Å². The lowest BCUT2D eigenvalue weighted by atomic mass is 9.78. The molecule has 0 bridgehead atoms. The summed E-state index contributed by atoms with van der Waals surface area (Å²) in [5, 5.41) is 1.05. The molecule has 1 aromatic heterocycles. The van der Waals surface area contributed by atoms with Crippen molar-refractivity contribution in [2.24, 2.45) is 5.92 Å². The first-order valence-corrected chi connectivity index (χ1v) is 14.1. The van der Waals surface area contributed by atoms with Crippen LogP contribution in [0.1, 0.15) is 57.9 Å². The molecule has 2 aromatic carbocycles. The van der Waals surface area contributed by atoms with E-state index in [-0.39, 0.29) is 11.8 Å². The topological polar surface area (TPSA) is 64.0 Å². The summed E-state index contributed by atoms with van der Waals surface area (Å²) < 4.78 is 13.1. The van der Waals surface area contributed by atoms with Crippen LogP contribution in [0, 0.1) is 5.92 Å². The van der Waals surface area contributed by atoms with Crippen LogP contribution in [0.5, 0.6) is 0 Å². The third kappa shape index (κ3) is 5.22. The number of benzene rings is 2. The molecule has 3 fully saturated rings. The standard InChI is InChI=1S/C31H37N3O4/c35-30(32-13-17-37-18-14-32)26-11-9-25(10-12-26)24-7-5-23(6-8-24)21-34-22-28(27-3-1-2-4-29(27)34)31(36)33-15-19-38-20-16-33/h1-4,9-12,22-24H,5-8,13-21H2. The molecule has 38 heavy (non-hydrogen) atoms. The van der Waals surface area contributed by atoms with Crippen molar-refractivity contribution in [3.05, 3.63) is 71.4 Å². The van der Waals surface area contributed by atoms with E-state index in [1.54, 1.807) is 0 Å². The number of amides is 2. The van der Waals surface area contributed by atoms with E-state index in [0.29, 0.717) is 64.4 Å². The van der Waals surface area contributed by atoms with Gasteiger partial charge in [0.2, 0.25) is 0 Å². The maximum absolute atomic E-state index is 13.3. The van der Waals surface area contributed by atoms with Gasteiger partial charge in [-0.15, -0.1) is 0 Å². The zero-order valence-corrected chi connectivity index (χ0v) is 22.0. The molecule has 2 amide bonds. The molecule has 1 saturated carbocycles. The number of fused-ring (bicyclic) bond motifs is 1. The first-order chi connectivity index (χ1) is 18.7. The van der Waals surface area contributed by atoms with Crippen molar-refractivity contribution in [3.63, 3.8) is 0 Å². The van der Waals surface area contributed by atoms with Gasteiger partial charge < -0.3 is 23.8 Å². The maximum atomic E-state index is 13.3. The Bertz CT molecular complexity index is 1260. The van der Waals surface area contributed by atoms with Crippen LogP contribution in [0.2, 0.25) is 0 Å². The number of aromatic nitrogens is 1. The Morgan fingerprint density at radius 1 is 0.737 bits per heavy atom. The van der Waals surface area contributed by atoms with Crippen molar-refractivity contribution in [1.29, 1.82) is 0 Å². The van der Waals surface area contributed by atoms with Gasteiger partial charge in [0, 0.05) is 55.4 Å². The Morgan fingerprint density at radius 2 is 1.34 bits per heavy atom. The quantitative estimate of drug-likeness (QED) is 0.500. The maximum Gasteiger partial charge on any atom is 0.256 e. The monoisotopic (exact) mass is 515 g/mol. The fourth-order valence-electron chi connectivity index (χ4n) is 6.31. The molecule has 7 heteroatoms. The first kappa shape index (κ1) is 25.1. The Kier molecular flexibility index (Phi) is 7.47. The predicted molar refractivity (Wildman–Crippen MR) is 147 cm³/mol. The van der Waals surface area contributed by atoms with Crippen LogP contribution in [0.15, 0.2) is 54.7 Å². The van der Waals surface area contributed by atoms with Gasteiger partial charge in [0.1, 0.15) is 0 Å². The normalized spacial score (nSPS) is 22.5. The Morgan fingerprint density at radius 3 is 2.00 bits per heavy atom. The molecule has 0 radical (unpaired) electrons. The second-order valence-corrected chi connectivity index (χ2v) is 10.9. The molecule has 200 valence electrons. The number of hydrogen-bond donors (Lipinski definition) is 0. The summed E-state index contributed by atoms with van der Waals surface area (Å²) in [6.07, 6.45) is 6.72. The first-order valence-electron chi connectivity index (χ1n) is 14.1. The molecule has 2 saturated heterocycles. The predicted octanol–water partition coefficient (Wildman–Crippen LogP) is 4.56. The highest BCUT2D eigenvalue weighted by molar-refractivity contribution is 6.07. The molecule has 6 rings (SSSR count). The molecule has 3 aliphatic rings. The molecule has 2 aliphatic heterocycles. The van der Waals surface area contributed by atoms with Crippen molar-refractivity contribution < 1.29 is 19.1 Å². The Balaban J connectivity index is 1.09. The average Bonchev–Trinajstić information content (AvgIpc) is 3.36. The summed E-state index contributed by atoms with van der Waals surface area (Å²) in [6.45, 7) is 6.07. The minimum absolute atomic E-state index is 0.106. The highest BCUT2D eigenvalue weighted by atomic mass is 16.5. The van der Waals surface area contributed by atoms with Crippen molar-refractivity contribution in [2.75, 3.05) is 52.6 Å². The Hall–Kier alpha value is -3.16. The lowest BCUT2D eigenvalue weighted by Gasteiger charge is -2.30. The summed E-state index contributed by atoms with van der Waals surface area (Å²) in [4.78, 5) is 29.9. The lowest BCUT2D eigenvalue weighted by Crippen LogP contribution is -2.40. The van der Waals surface area contributed by atoms with E-state index in [0.717, 1.165) is 41.4 Å². The molecule has 0 unspecified atom stereocenters. The second-order valence-electron chi connectivity index (χ2n) is 10.9. The van der Waals surface area contributed by atoms with Gasteiger partial charge >= 0.3 is 0 Å². The minimum Gasteiger partial charge on any atom is -0.378 e. The van der Waals surface area contributed by atoms with Crippen molar-refractivity contribution in [1.82, 2.24) is 14.4 Å². The van der Waals surface area contributed by atoms with Crippen LogP contribution in [-0.2, 0) is 16.0 Å². The molecule has 7 nitrogen and oxygen atoms in total. The molecule has 0 spiro atoms. The Labute approximate surface area is 224 Å². The largest absolute Gasteiger partial charge is 0.378 e. The van der Waals surface area contributed by atoms with Gasteiger partial charge in [-0.05, 0) is 61.3 Å². The second kappa shape index (κ2) is 11.3. The van der Waals surface area contributed by atoms with E-state index in [2.05, 4.69) is 41.1 Å². The summed E-state index contributed by atoms with van der Waals surface area (Å²) in [5.74, 6) is 1.35. The molecule has 3 heterocycles. The molecule has 1 aliphatic carbocycles. The summed E-state index contributed by atoms with van der Waals surface area (Å²) >= 11 is 0. The minimum atomic E-state index is 0.106. The molecule has 3 aromatic rings. The highest BCUT2D eigenvalue weighted by Crippen LogP contribution is 2.37. The number of para-hydroxylation sites is 1. The number of carbonyl (C=O) groups is 2. The summed E-state index contributed by atoms with van der Waals surface area (Å²) in [6, 6.07) is 16.6. The van der Waals surface area contributed by atoms with Gasteiger partial charge in [-0.25, -0.2) is 0 Å². The van der Waals surface area contributed by atoms with Crippen LogP contribution >= 0.6 is 0 Å². The number of morpholine rings is 2. The zero-order valence-electron chi connectivity index (χ0n) is 22.0. The zero-order chi connectivity index (χ0) is 25.9. The van der Waals surface area contributed by atoms with E-state index < -0.39 is 0 Å². The van der Waals surface area contributed by atoms with Gasteiger partial charge in [-0.1, -0.05) is 30.3 Å². The van der Waals surface area contributed by atoms with Crippen molar-refractivity contribution in [2.45, 2.75) is 38.1 Å². The van der Waals surface area contributed by atoms with Crippen molar-refractivity contribution >= 4 is 22.7 Å². The van der Waals surface area contributed by atoms with E-state index >= 15 is 0 Å². The third-order valence-corrected chi connectivity index (χ3v) is 8.55. The molecular formula is C31H37N3O4. The van der Waals surface area contributed by atoms with E-state index in [1.165, 1.54) is 18.4 Å². The van der Waals surface area contributed by atoms with Crippen LogP contribution in [0.4, 0.5) is 0 Å². The summed E-state index contributed by atoms with van der Waals surface area (Å²) in [5.41, 5.74) is 4.06. The van der Waals surface area contributed by atoms with Crippen LogP contribution in [-0.4, -0.2) is 78.8 Å². The fraction of sp³-hybridized carbons (Fsp3) is 0.484. The van der Waals surface area contributed by atoms with Crippen LogP contribution in [0.3, 0.4) is 0 Å². The average molecular weight is 516 g/mol. The van der Waals surface area contributed by atoms with E-state index in [4.69, 9.17) is 9.47 Å². The van der Waals surface area contributed by atoms with E-state index in [1.807, 2.05) is 28.0 Å². The smallest absolute Gasteiger partial charge is 0.256 e. The van der Waals surface area contributed by atoms with Gasteiger partial charge in [-0.3, -0.25) is 9.59 Å². The van der Waals surface area contributed by atoms with Crippen molar-refractivity contribution in [3.8, 4) is 0 Å². The van der Waals surface area contributed by atoms with Crippen LogP contribution in [0.25, 0.3) is 10.9 Å². The van der Waals surface area contributed by atoms with Gasteiger partial charge in [0.05, 0.1) is 32.0 Å². The third-order valence-electron chi connectivity index (χ3n) is 8.55. The highest BCUT2D eigenvalue weighted by Gasteiger charge is 2.26. The number of carbonyl (C=O) groups excluding carboxylic acids is 2. The van der Waals surface area contributed by atoms with Gasteiger partial charge in [0.25, 0.3) is 11.8 Å². The number of nitrogens with zero attached hydrogens (tertiary/aromatic N) is 3. The van der Waals surface area contributed by atoms with Gasteiger partial charge in [0.15, 0.2) is 0 Å². The molecular weight excluding hydrogens is 478 g/mol. The molecule has 0 atom stereocenters. The molecule has 0 N–H and O–H groups in total. The van der Waals surface area contributed by atoms with E-state index in [9.17, 15) is 9.59 Å². The summed E-state index contributed by atoms with van der Waals surface area (Å²) in [7, 11) is 0. The fourth-order valence-corrected chi connectivity index (χ4v) is 6.31. The lowest BCUT2D eigenvalue weighted by molar-refractivity contribution is 0.0302. The SMILES string of the molecule is O=C(c1ccc(C2CCC(Cn3cc(C(=O)N4CCOCC4)c4ccccc43)CC2)cc1)N1CCOCC1.